The second-order valence-corrected chi connectivity index (χ2v) is 4.75. The summed E-state index contributed by atoms with van der Waals surface area (Å²) in [6.45, 7) is 0. The predicted molar refractivity (Wildman–Crippen MR) is 36.3 cm³/mol. The van der Waals surface area contributed by atoms with Gasteiger partial charge in [0.2, 0.25) is 10.5 Å². The van der Waals surface area contributed by atoms with Gasteiger partial charge in [0.05, 0.1) is 0 Å². The molecule has 0 spiro atoms. The van der Waals surface area contributed by atoms with E-state index < -0.39 is 0 Å². The highest BCUT2D eigenvalue weighted by Gasteiger charge is 2.09. The maximum Gasteiger partial charge on any atom is 0.436 e. The lowest BCUT2D eigenvalue weighted by Gasteiger charge is -1.68. The first-order valence-corrected chi connectivity index (χ1v) is 4.95. The lowest BCUT2D eigenvalue weighted by Crippen LogP contribution is -1.71. The molecule has 0 aromatic rings. The highest BCUT2D eigenvalue weighted by molar-refractivity contribution is 8.70. The van der Waals surface area contributed by atoms with Crippen LogP contribution in [0.2, 0.25) is 0 Å². The van der Waals surface area contributed by atoms with Gasteiger partial charge in [0.25, 0.3) is 4.45 Å². The molecule has 0 saturated carbocycles. The zero-order chi connectivity index (χ0) is 4.41. The molecule has 0 aromatic heterocycles. The van der Waals surface area contributed by atoms with E-state index in [1.165, 1.54) is 20.9 Å². The molecule has 0 aromatic carbocycles. The fraction of sp³-hybridized carbons (Fsp3) is 0. The maximum absolute atomic E-state index is 5.38. The van der Waals surface area contributed by atoms with Gasteiger partial charge < -0.3 is 0 Å². The molecule has 0 amide bonds. The lowest BCUT2D eigenvalue weighted by molar-refractivity contribution is 2.64. The first-order valence-electron chi connectivity index (χ1n) is 1.13. The Balaban J connectivity index is 2.61. The van der Waals surface area contributed by atoms with Crippen LogP contribution < -0.4 is 0 Å². The summed E-state index contributed by atoms with van der Waals surface area (Å²) in [6, 6.07) is 0. The predicted octanol–water partition coefficient (Wildman–Crippen LogP) is 0.693. The topological polar surface area (TPSA) is 14.1 Å². The van der Waals surface area contributed by atoms with Crippen LogP contribution in [-0.2, 0) is 30.2 Å². The fourth-order valence-corrected chi connectivity index (χ4v) is 3.48. The van der Waals surface area contributed by atoms with Crippen molar-refractivity contribution in [2.24, 2.45) is 0 Å². The molecule has 0 atom stereocenters. The highest BCUT2D eigenvalue weighted by atomic mass is 35.5. The highest BCUT2D eigenvalue weighted by Crippen LogP contribution is 1.98. The summed E-state index contributed by atoms with van der Waals surface area (Å²) in [5.74, 6) is 0. The molecule has 6 heavy (non-hydrogen) atoms. The molecule has 1 heterocycles. The number of hydrogen-bond acceptors (Lipinski definition) is 0. The third-order valence-corrected chi connectivity index (χ3v) is 3.91. The molecular formula is CClNS3+. The number of halogens is 1. The molecule has 0 unspecified atom stereocenters. The molecule has 0 N–H and O–H groups in total. The lowest BCUT2D eigenvalue weighted by atomic mass is 11.5. The summed E-state index contributed by atoms with van der Waals surface area (Å²) in [5, 5.41) is 0. The van der Waals surface area contributed by atoms with Gasteiger partial charge in [0.15, 0.2) is 0 Å². The molecule has 0 aliphatic carbocycles. The van der Waals surface area contributed by atoms with E-state index >= 15 is 0 Å². The summed E-state index contributed by atoms with van der Waals surface area (Å²) >= 11 is 5.38. The molecule has 1 nitrogen and oxygen atoms in total. The van der Waals surface area contributed by atoms with Gasteiger partial charge >= 0.3 is 19.7 Å². The average Bonchev–Trinajstić information content (AvgIpc) is 1.86. The van der Waals surface area contributed by atoms with Gasteiger partial charge in [-0.3, -0.25) is 0 Å². The third kappa shape index (κ3) is 1.13. The Morgan fingerprint density at radius 1 is 1.83 bits per heavy atom. The molecule has 0 bridgehead atoms. The van der Waals surface area contributed by atoms with Gasteiger partial charge in [-0.2, -0.15) is 0 Å². The van der Waals surface area contributed by atoms with Crippen molar-refractivity contribution in [3.63, 3.8) is 0 Å². The molecule has 1 aliphatic heterocycles. The zero-order valence-corrected chi connectivity index (χ0v) is 5.76. The Hall–Kier alpha value is 0.780. The van der Waals surface area contributed by atoms with E-state index in [0.29, 0.717) is 4.45 Å². The minimum absolute atomic E-state index is 0.644. The largest absolute Gasteiger partial charge is 0.436 e. The average molecular weight is 158 g/mol. The minimum atomic E-state index is 0.644. The molecule has 5 heteroatoms. The van der Waals surface area contributed by atoms with Crippen molar-refractivity contribution < 1.29 is 0 Å². The van der Waals surface area contributed by atoms with Crippen molar-refractivity contribution in [3.05, 3.63) is 4.72 Å². The third-order valence-electron chi connectivity index (χ3n) is 0.242. The Morgan fingerprint density at radius 3 is 2.83 bits per heavy atom. The van der Waals surface area contributed by atoms with Crippen molar-refractivity contribution in [3.8, 4) is 0 Å². The normalized spacial score (nSPS) is 18.5. The fourth-order valence-electron chi connectivity index (χ4n) is 0.103. The number of hydrogen-bond donors (Lipinski definition) is 0. The van der Waals surface area contributed by atoms with E-state index in [2.05, 4.69) is 4.72 Å². The molecule has 1 radical (unpaired) electrons. The second-order valence-electron chi connectivity index (χ2n) is 0.570. The van der Waals surface area contributed by atoms with Crippen LogP contribution in [0.25, 0.3) is 4.72 Å². The van der Waals surface area contributed by atoms with Crippen LogP contribution in [0, 0.1) is 0 Å². The van der Waals surface area contributed by atoms with Crippen molar-refractivity contribution in [1.82, 2.24) is 0 Å². The first kappa shape index (κ1) is 4.93. The van der Waals surface area contributed by atoms with Gasteiger partial charge in [-0.05, 0) is 11.6 Å². The molecule has 0 saturated heterocycles. The van der Waals surface area contributed by atoms with Crippen LogP contribution in [0.3, 0.4) is 0 Å². The molecule has 0 fully saturated rings. The Labute approximate surface area is 51.1 Å². The second kappa shape index (κ2) is 2.18. The van der Waals surface area contributed by atoms with Gasteiger partial charge in [0.1, 0.15) is 0 Å². The van der Waals surface area contributed by atoms with E-state index in [1.54, 1.807) is 9.35 Å². The van der Waals surface area contributed by atoms with Gasteiger partial charge in [-0.15, -0.1) is 0 Å². The van der Waals surface area contributed by atoms with E-state index in [4.69, 9.17) is 11.6 Å². The van der Waals surface area contributed by atoms with Crippen LogP contribution in [0.4, 0.5) is 0 Å². The standard InChI is InChI=1S/CClNS3/c2-1-3-5-6-4-1/q+1. The zero-order valence-electron chi connectivity index (χ0n) is 2.55. The monoisotopic (exact) mass is 157 g/mol. The van der Waals surface area contributed by atoms with Gasteiger partial charge in [-0.1, -0.05) is 0 Å². The summed E-state index contributed by atoms with van der Waals surface area (Å²) in [7, 11) is 4.49. The summed E-state index contributed by atoms with van der Waals surface area (Å²) in [5.41, 5.74) is 0. The summed E-state index contributed by atoms with van der Waals surface area (Å²) in [4.78, 5) is 0. The summed E-state index contributed by atoms with van der Waals surface area (Å²) in [6.07, 6.45) is 0. The van der Waals surface area contributed by atoms with Gasteiger partial charge in [-0.25, -0.2) is 4.72 Å². The SMILES string of the molecule is ClC1=[S+][S]=[S+][N-]1. The van der Waals surface area contributed by atoms with Gasteiger partial charge in [0, 0.05) is 0 Å². The van der Waals surface area contributed by atoms with Crippen LogP contribution >= 0.6 is 11.6 Å². The molecule has 33 valence electrons. The first-order chi connectivity index (χ1) is 2.89. The Kier molecular flexibility index (Phi) is 1.79. The van der Waals surface area contributed by atoms with Crippen molar-refractivity contribution >= 4 is 46.3 Å². The Bertz CT molecular complexity index is 107. The van der Waals surface area contributed by atoms with E-state index in [0.717, 1.165) is 0 Å². The van der Waals surface area contributed by atoms with Crippen LogP contribution in [0.5, 0.6) is 0 Å². The van der Waals surface area contributed by atoms with Crippen molar-refractivity contribution in [2.45, 2.75) is 0 Å². The smallest absolute Gasteiger partial charge is 0.243 e. The summed E-state index contributed by atoms with van der Waals surface area (Å²) < 4.78 is 4.40. The molecule has 1 rings (SSSR count). The maximum atomic E-state index is 5.38. The quantitative estimate of drug-likeness (QED) is 0.123. The molecule has 1 aliphatic rings. The van der Waals surface area contributed by atoms with E-state index in [-0.39, 0.29) is 0 Å². The minimum Gasteiger partial charge on any atom is -0.243 e. The van der Waals surface area contributed by atoms with Crippen molar-refractivity contribution in [1.29, 1.82) is 0 Å². The Morgan fingerprint density at radius 2 is 2.67 bits per heavy atom. The van der Waals surface area contributed by atoms with E-state index in [9.17, 15) is 0 Å². The van der Waals surface area contributed by atoms with Crippen LogP contribution in [-0.4, -0.2) is 4.45 Å². The van der Waals surface area contributed by atoms with Crippen molar-refractivity contribution in [2.75, 3.05) is 0 Å². The molecular weight excluding hydrogens is 158 g/mol. The number of nitrogens with zero attached hydrogens (tertiary/aromatic N) is 1. The number of rotatable bonds is 0. The van der Waals surface area contributed by atoms with E-state index in [1.807, 2.05) is 0 Å². The van der Waals surface area contributed by atoms with Crippen LogP contribution in [0.1, 0.15) is 0 Å². The van der Waals surface area contributed by atoms with Crippen LogP contribution in [0.15, 0.2) is 0 Å².